The number of fused-ring (bicyclic) bond motifs is 1. The number of aromatic nitrogens is 2. The first-order valence-electron chi connectivity index (χ1n) is 7.48. The number of hydrogen-bond donors (Lipinski definition) is 3. The molecule has 0 amide bonds. The van der Waals surface area contributed by atoms with Gasteiger partial charge in [-0.2, -0.15) is 0 Å². The van der Waals surface area contributed by atoms with Crippen LogP contribution in [-0.2, 0) is 6.54 Å². The van der Waals surface area contributed by atoms with E-state index in [4.69, 9.17) is 11.1 Å². The fraction of sp³-hybridized carbons (Fsp3) is 0.0556. The molecule has 7 heteroatoms. The number of nitrogens with two attached hydrogens (primary N) is 1. The van der Waals surface area contributed by atoms with Crippen molar-refractivity contribution in [2.45, 2.75) is 6.54 Å². The van der Waals surface area contributed by atoms with Crippen molar-refractivity contribution in [1.82, 2.24) is 9.97 Å². The normalized spacial score (nSPS) is 11.5. The zero-order chi connectivity index (χ0) is 17.8. The molecule has 0 saturated carbocycles. The van der Waals surface area contributed by atoms with Gasteiger partial charge >= 0.3 is 0 Å². The van der Waals surface area contributed by atoms with E-state index in [9.17, 15) is 8.78 Å². The highest BCUT2D eigenvalue weighted by molar-refractivity contribution is 6.08. The van der Waals surface area contributed by atoms with Crippen LogP contribution in [0.2, 0.25) is 0 Å². The van der Waals surface area contributed by atoms with Gasteiger partial charge in [-0.3, -0.25) is 4.98 Å². The molecular formula is C18H15F2N5. The second-order valence-electron chi connectivity index (χ2n) is 5.33. The molecule has 0 fully saturated rings. The second kappa shape index (κ2) is 7.04. The van der Waals surface area contributed by atoms with Gasteiger partial charge in [0, 0.05) is 24.5 Å². The van der Waals surface area contributed by atoms with E-state index >= 15 is 0 Å². The lowest BCUT2D eigenvalue weighted by Gasteiger charge is -2.08. The van der Waals surface area contributed by atoms with Crippen LogP contribution in [0.25, 0.3) is 16.6 Å². The third-order valence-corrected chi connectivity index (χ3v) is 3.67. The highest BCUT2D eigenvalue weighted by atomic mass is 19.2. The molecule has 0 bridgehead atoms. The van der Waals surface area contributed by atoms with Crippen molar-refractivity contribution in [3.63, 3.8) is 0 Å². The third kappa shape index (κ3) is 3.60. The average Bonchev–Trinajstić information content (AvgIpc) is 2.63. The molecule has 0 saturated heterocycles. The zero-order valence-electron chi connectivity index (χ0n) is 13.1. The van der Waals surface area contributed by atoms with Crippen LogP contribution < -0.4 is 11.1 Å². The number of allylic oxidation sites excluding steroid dienone is 1. The summed E-state index contributed by atoms with van der Waals surface area (Å²) in [6.45, 7) is 0.295. The first kappa shape index (κ1) is 16.5. The monoisotopic (exact) mass is 339 g/mol. The summed E-state index contributed by atoms with van der Waals surface area (Å²) >= 11 is 0. The van der Waals surface area contributed by atoms with E-state index in [1.165, 1.54) is 18.5 Å². The predicted octanol–water partition coefficient (Wildman–Crippen LogP) is 3.47. The second-order valence-corrected chi connectivity index (χ2v) is 5.33. The van der Waals surface area contributed by atoms with Crippen LogP contribution >= 0.6 is 0 Å². The molecule has 0 radical (unpaired) electrons. The first-order chi connectivity index (χ1) is 12.1. The van der Waals surface area contributed by atoms with Crippen molar-refractivity contribution < 1.29 is 8.78 Å². The molecule has 1 heterocycles. The van der Waals surface area contributed by atoms with Crippen molar-refractivity contribution in [3.05, 3.63) is 71.6 Å². The first-order valence-corrected chi connectivity index (χ1v) is 7.48. The maximum atomic E-state index is 13.2. The van der Waals surface area contributed by atoms with Crippen LogP contribution in [0.4, 0.5) is 14.6 Å². The van der Waals surface area contributed by atoms with E-state index in [-0.39, 0.29) is 0 Å². The van der Waals surface area contributed by atoms with Gasteiger partial charge in [0.25, 0.3) is 0 Å². The summed E-state index contributed by atoms with van der Waals surface area (Å²) in [5, 5.41) is 10.4. The Kier molecular flexibility index (Phi) is 4.65. The molecule has 126 valence electrons. The summed E-state index contributed by atoms with van der Waals surface area (Å²) in [4.78, 5) is 8.77. The largest absolute Gasteiger partial charge is 0.404 e. The molecular weight excluding hydrogens is 324 g/mol. The fourth-order valence-electron chi connectivity index (χ4n) is 2.35. The van der Waals surface area contributed by atoms with Crippen molar-refractivity contribution in [3.8, 4) is 0 Å². The fourth-order valence-corrected chi connectivity index (χ4v) is 2.35. The van der Waals surface area contributed by atoms with E-state index in [1.807, 2.05) is 0 Å². The Hall–Kier alpha value is -3.35. The zero-order valence-corrected chi connectivity index (χ0v) is 13.1. The summed E-state index contributed by atoms with van der Waals surface area (Å²) in [7, 11) is 0. The van der Waals surface area contributed by atoms with Crippen LogP contribution in [-0.4, -0.2) is 16.2 Å². The lowest BCUT2D eigenvalue weighted by Crippen LogP contribution is -2.03. The van der Waals surface area contributed by atoms with Gasteiger partial charge in [-0.1, -0.05) is 12.1 Å². The van der Waals surface area contributed by atoms with Gasteiger partial charge in [-0.15, -0.1) is 0 Å². The Morgan fingerprint density at radius 3 is 2.68 bits per heavy atom. The molecule has 3 rings (SSSR count). The Balaban J connectivity index is 1.80. The van der Waals surface area contributed by atoms with E-state index in [0.717, 1.165) is 17.7 Å². The number of benzene rings is 2. The predicted molar refractivity (Wildman–Crippen MR) is 94.2 cm³/mol. The summed E-state index contributed by atoms with van der Waals surface area (Å²) in [6.07, 6.45) is 4.09. The van der Waals surface area contributed by atoms with E-state index in [2.05, 4.69) is 15.3 Å². The van der Waals surface area contributed by atoms with Gasteiger partial charge in [0.15, 0.2) is 11.6 Å². The van der Waals surface area contributed by atoms with Crippen molar-refractivity contribution in [1.29, 1.82) is 5.41 Å². The van der Waals surface area contributed by atoms with Gasteiger partial charge in [0.05, 0.1) is 17.2 Å². The Morgan fingerprint density at radius 1 is 1.12 bits per heavy atom. The SMILES string of the molecule is N=C/C(=C\N)c1ccc2nc(NCc3ccc(F)c(F)c3)cnc2c1. The lowest BCUT2D eigenvalue weighted by molar-refractivity contribution is 0.507. The van der Waals surface area contributed by atoms with Crippen LogP contribution in [0.5, 0.6) is 0 Å². The van der Waals surface area contributed by atoms with Crippen LogP contribution in [0, 0.1) is 17.0 Å². The lowest BCUT2D eigenvalue weighted by atomic mass is 10.1. The number of nitrogens with one attached hydrogen (secondary N) is 2. The van der Waals surface area contributed by atoms with Gasteiger partial charge in [0.2, 0.25) is 0 Å². The average molecular weight is 339 g/mol. The van der Waals surface area contributed by atoms with Gasteiger partial charge in [-0.25, -0.2) is 13.8 Å². The van der Waals surface area contributed by atoms with E-state index in [1.54, 1.807) is 24.4 Å². The molecule has 0 spiro atoms. The van der Waals surface area contributed by atoms with Gasteiger partial charge < -0.3 is 16.5 Å². The maximum Gasteiger partial charge on any atom is 0.159 e. The standard InChI is InChI=1S/C18H15F2N5/c19-14-3-1-11(5-15(14)20)9-24-18-10-23-17-6-12(13(7-21)8-22)2-4-16(17)25-18/h1-8,10,21H,9,22H2,(H,24,25)/b13-8+,21-7?. The minimum Gasteiger partial charge on any atom is -0.404 e. The molecule has 0 aliphatic heterocycles. The Labute approximate surface area is 142 Å². The molecule has 5 nitrogen and oxygen atoms in total. The molecule has 0 aliphatic rings. The molecule has 0 aliphatic carbocycles. The number of hydrogen-bond acceptors (Lipinski definition) is 5. The molecule has 0 unspecified atom stereocenters. The summed E-state index contributed by atoms with van der Waals surface area (Å²) < 4.78 is 26.1. The van der Waals surface area contributed by atoms with Crippen LogP contribution in [0.1, 0.15) is 11.1 Å². The molecule has 0 atom stereocenters. The molecule has 25 heavy (non-hydrogen) atoms. The maximum absolute atomic E-state index is 13.2. The number of anilines is 1. The van der Waals surface area contributed by atoms with E-state index < -0.39 is 11.6 Å². The number of halogens is 2. The summed E-state index contributed by atoms with van der Waals surface area (Å²) in [6, 6.07) is 9.12. The molecule has 4 N–H and O–H groups in total. The van der Waals surface area contributed by atoms with Crippen LogP contribution in [0.15, 0.2) is 48.8 Å². The summed E-state index contributed by atoms with van der Waals surface area (Å²) in [5.74, 6) is -1.24. The molecule has 2 aromatic carbocycles. The quantitative estimate of drug-likeness (QED) is 0.621. The molecule has 1 aromatic heterocycles. The number of rotatable bonds is 5. The Bertz CT molecular complexity index is 969. The van der Waals surface area contributed by atoms with Crippen molar-refractivity contribution in [2.24, 2.45) is 5.73 Å². The van der Waals surface area contributed by atoms with Gasteiger partial charge in [0.1, 0.15) is 5.82 Å². The third-order valence-electron chi connectivity index (χ3n) is 3.67. The van der Waals surface area contributed by atoms with Gasteiger partial charge in [-0.05, 0) is 35.4 Å². The smallest absolute Gasteiger partial charge is 0.159 e. The van der Waals surface area contributed by atoms with Crippen molar-refractivity contribution >= 4 is 28.6 Å². The summed E-state index contributed by atoms with van der Waals surface area (Å²) in [5.41, 5.74) is 8.78. The van der Waals surface area contributed by atoms with Crippen LogP contribution in [0.3, 0.4) is 0 Å². The Morgan fingerprint density at radius 2 is 1.96 bits per heavy atom. The topological polar surface area (TPSA) is 87.7 Å². The minimum atomic E-state index is -0.883. The highest BCUT2D eigenvalue weighted by Crippen LogP contribution is 2.19. The van der Waals surface area contributed by atoms with E-state index in [0.29, 0.717) is 34.5 Å². The highest BCUT2D eigenvalue weighted by Gasteiger charge is 2.05. The van der Waals surface area contributed by atoms with Crippen molar-refractivity contribution in [2.75, 3.05) is 5.32 Å². The molecule has 3 aromatic rings. The minimum absolute atomic E-state index is 0.295. The number of nitrogens with zero attached hydrogens (tertiary/aromatic N) is 2.